The van der Waals surface area contributed by atoms with E-state index in [4.69, 9.17) is 9.47 Å². The molecule has 4 atom stereocenters. The Morgan fingerprint density at radius 2 is 0.962 bits per heavy atom. The molecule has 7 heteroatoms. The topological polar surface area (TPSA) is 58.9 Å². The van der Waals surface area contributed by atoms with Crippen molar-refractivity contribution in [2.24, 2.45) is 0 Å². The number of phenolic OH excluding ortho intramolecular Hbond substituents is 2. The molecule has 6 rings (SSSR count). The van der Waals surface area contributed by atoms with E-state index in [1.165, 1.54) is 49.7 Å². The molecule has 0 amide bonds. The Kier molecular flexibility index (Phi) is 16.1. The van der Waals surface area contributed by atoms with Crippen LogP contribution < -0.4 is 9.47 Å². The van der Waals surface area contributed by atoms with Gasteiger partial charge in [-0.1, -0.05) is 12.1 Å². The second-order valence-corrected chi connectivity index (χ2v) is 31.7. The van der Waals surface area contributed by atoms with Crippen LogP contribution >= 0.6 is 14.2 Å². The van der Waals surface area contributed by atoms with Crippen molar-refractivity contribution in [1.82, 2.24) is 0 Å². The summed E-state index contributed by atoms with van der Waals surface area (Å²) in [5.74, 6) is 3.86. The summed E-state index contributed by atoms with van der Waals surface area (Å²) < 4.78 is 11.3. The summed E-state index contributed by atoms with van der Waals surface area (Å²) >= 11 is -0.796. The van der Waals surface area contributed by atoms with E-state index in [0.717, 1.165) is 44.3 Å². The Balaban J connectivity index is 0.000000370. The zero-order valence-electron chi connectivity index (χ0n) is 33.3. The molecule has 1 heterocycles. The number of ether oxygens (including phenoxy) is 2. The standard InChI is InChI=1S/C32H48O4S2.2C7H7.Zr/c1-31(2,3)23-15-21(29(33)25(17-23)35-7)19-37-27-13-11-9-10-12-14-28(27)38-20-22-16-24(32(4,5)6)18-26(36-8)30(22)34;2*1-7-5-3-2-4-6-7;/h15-18,27-28,33-34H,9-14,19-20H2,1-8H3;2*2-6H,1H2;/q;2*-1;/t27-,28?;;;/m0.../s1. The van der Waals surface area contributed by atoms with Gasteiger partial charge in [0.05, 0.1) is 0 Å². The third-order valence-electron chi connectivity index (χ3n) is 9.87. The molecule has 0 radical (unpaired) electrons. The molecule has 4 aromatic rings. The van der Waals surface area contributed by atoms with Crippen LogP contribution in [0.5, 0.6) is 23.0 Å². The number of aromatic hydroxyl groups is 2. The van der Waals surface area contributed by atoms with Gasteiger partial charge in [0.1, 0.15) is 0 Å². The second kappa shape index (κ2) is 19.8. The summed E-state index contributed by atoms with van der Waals surface area (Å²) in [6.07, 6.45) is 8.01. The van der Waals surface area contributed by atoms with Gasteiger partial charge in [-0.3, -0.25) is 0 Å². The van der Waals surface area contributed by atoms with E-state index in [9.17, 15) is 10.2 Å². The molecule has 0 aromatic heterocycles. The van der Waals surface area contributed by atoms with Crippen molar-refractivity contribution >= 4 is 14.2 Å². The van der Waals surface area contributed by atoms with Gasteiger partial charge in [0, 0.05) is 0 Å². The summed E-state index contributed by atoms with van der Waals surface area (Å²) in [4.78, 5) is 0. The summed E-state index contributed by atoms with van der Waals surface area (Å²) in [7, 11) is 4.01. The number of methoxy groups -OCH3 is 2. The molecule has 1 aliphatic carbocycles. The van der Waals surface area contributed by atoms with Gasteiger partial charge in [-0.2, -0.15) is 49.2 Å². The van der Waals surface area contributed by atoms with Gasteiger partial charge in [-0.05, 0) is 0 Å². The minimum absolute atomic E-state index is 0.00375. The minimum Gasteiger partial charge on any atom is -0.199 e. The maximum absolute atomic E-state index is 11.2. The number of phenols is 2. The van der Waals surface area contributed by atoms with Gasteiger partial charge in [0.15, 0.2) is 0 Å². The number of rotatable bonds is 6. The van der Waals surface area contributed by atoms with Crippen molar-refractivity contribution in [2.75, 3.05) is 14.2 Å². The van der Waals surface area contributed by atoms with Crippen molar-refractivity contribution < 1.29 is 38.8 Å². The first-order valence-corrected chi connectivity index (χ1v) is 27.8. The largest absolute Gasteiger partial charge is 0.199 e. The van der Waals surface area contributed by atoms with Gasteiger partial charge >= 0.3 is 250 Å². The fraction of sp³-hybridized carbons (Fsp3) is 0.435. The number of hydrogen-bond acceptors (Lipinski definition) is 4. The van der Waals surface area contributed by atoms with E-state index in [1.54, 1.807) is 14.2 Å². The van der Waals surface area contributed by atoms with Crippen molar-refractivity contribution in [3.63, 3.8) is 0 Å². The van der Waals surface area contributed by atoms with Crippen LogP contribution in [0.2, 0.25) is 0 Å². The van der Waals surface area contributed by atoms with Crippen molar-refractivity contribution in [2.45, 2.75) is 113 Å². The first-order valence-electron chi connectivity index (χ1n) is 18.8. The zero-order valence-corrected chi connectivity index (χ0v) is 37.4. The van der Waals surface area contributed by atoms with E-state index in [1.807, 2.05) is 72.8 Å². The van der Waals surface area contributed by atoms with Crippen LogP contribution in [-0.2, 0) is 41.5 Å². The average molecular weight is 834 g/mol. The first-order chi connectivity index (χ1) is 25.1. The zero-order chi connectivity index (χ0) is 38.8. The summed E-state index contributed by atoms with van der Waals surface area (Å²) in [6, 6.07) is 28.3. The molecule has 0 spiro atoms. The fourth-order valence-electron chi connectivity index (χ4n) is 6.62. The van der Waals surface area contributed by atoms with Crippen LogP contribution in [0.3, 0.4) is 0 Å². The average Bonchev–Trinajstić information content (AvgIpc) is 3.40. The third kappa shape index (κ3) is 12.5. The normalized spacial score (nSPS) is 19.7. The molecule has 1 fully saturated rings. The summed E-state index contributed by atoms with van der Waals surface area (Å²) in [5, 5.41) is 23.9. The number of benzene rings is 4. The van der Waals surface area contributed by atoms with Crippen LogP contribution in [0, 0.1) is 13.8 Å². The summed E-state index contributed by atoms with van der Waals surface area (Å²) in [5.41, 5.74) is 6.74. The smallest absolute Gasteiger partial charge is 0.0866 e. The molecule has 0 bridgehead atoms. The van der Waals surface area contributed by atoms with Gasteiger partial charge in [0.25, 0.3) is 0 Å². The van der Waals surface area contributed by atoms with E-state index in [2.05, 4.69) is 67.5 Å². The van der Waals surface area contributed by atoms with Gasteiger partial charge in [-0.25, -0.2) is 0 Å². The van der Waals surface area contributed by atoms with Crippen molar-refractivity contribution in [3.05, 3.63) is 132 Å². The molecular weight excluding hydrogens is 772 g/mol. The number of hydrogen-bond donors (Lipinski definition) is 2. The van der Waals surface area contributed by atoms with Crippen LogP contribution in [0.1, 0.15) is 113 Å². The molecule has 1 aliphatic heterocycles. The van der Waals surface area contributed by atoms with E-state index < -0.39 is 19.2 Å². The third-order valence-corrected chi connectivity index (χ3v) is 31.7. The molecule has 1 saturated carbocycles. The van der Waals surface area contributed by atoms with Crippen LogP contribution in [0.25, 0.3) is 0 Å². The van der Waals surface area contributed by atoms with E-state index >= 15 is 0 Å². The van der Waals surface area contributed by atoms with E-state index in [0.29, 0.717) is 37.2 Å². The molecule has 2 N–H and O–H groups in total. The monoisotopic (exact) mass is 832 g/mol. The molecule has 53 heavy (non-hydrogen) atoms. The Morgan fingerprint density at radius 1 is 0.604 bits per heavy atom. The van der Waals surface area contributed by atoms with Crippen LogP contribution in [0.4, 0.5) is 0 Å². The van der Waals surface area contributed by atoms with Crippen LogP contribution in [-0.4, -0.2) is 34.9 Å². The SMILES string of the molecule is COc1cc(C(C)(C)C)cc(C[S]2=[Zr]=[S@@](Cc3cc(C(C)(C)C)cc(OC)c3O)C3CCCCCC[C@@H]32)c1O.[CH2-]c1ccccc1.[CH2-]c1ccccc1. The molecule has 4 aromatic carbocycles. The van der Waals surface area contributed by atoms with E-state index in [-0.39, 0.29) is 10.8 Å². The minimum atomic E-state index is -0.796. The predicted octanol–water partition coefficient (Wildman–Crippen LogP) is 12.7. The summed E-state index contributed by atoms with van der Waals surface area (Å²) in [6.45, 7) is 20.8. The maximum atomic E-state index is 11.2. The molecule has 2 aliphatic rings. The molecule has 4 nitrogen and oxygen atoms in total. The van der Waals surface area contributed by atoms with Crippen LogP contribution in [0.15, 0.2) is 84.9 Å². The second-order valence-electron chi connectivity index (χ2n) is 16.1. The molecule has 2 unspecified atom stereocenters. The fourth-order valence-corrected chi connectivity index (χ4v) is 35.5. The molecule has 288 valence electrons. The number of fused-ring (bicyclic) bond motifs is 1. The molecular formula is C46H62O4S2Zr-2. The first kappa shape index (κ1) is 43.1. The van der Waals surface area contributed by atoms with Crippen molar-refractivity contribution in [1.29, 1.82) is 0 Å². The quantitative estimate of drug-likeness (QED) is 0.190. The van der Waals surface area contributed by atoms with Gasteiger partial charge in [-0.15, -0.1) is 24.3 Å². The predicted molar refractivity (Wildman–Crippen MR) is 226 cm³/mol. The van der Waals surface area contributed by atoms with Crippen molar-refractivity contribution in [3.8, 4) is 23.0 Å². The maximum Gasteiger partial charge on any atom is -0.0866 e. The Bertz CT molecular complexity index is 1720. The molecule has 0 saturated heterocycles. The Labute approximate surface area is 333 Å². The van der Waals surface area contributed by atoms with Gasteiger partial charge < -0.3 is 0 Å². The Morgan fingerprint density at radius 3 is 1.25 bits per heavy atom. The van der Waals surface area contributed by atoms with Gasteiger partial charge in [0.2, 0.25) is 0 Å². The Hall–Kier alpha value is -2.60.